The molecule has 24 nitrogen and oxygen atoms in total. The van der Waals surface area contributed by atoms with E-state index in [-0.39, 0.29) is 125 Å². The van der Waals surface area contributed by atoms with Gasteiger partial charge in [0.15, 0.2) is 69.9 Å². The number of phenolic OH excluding ortho intramolecular Hbond substituents is 4. The number of ketones is 8. The second kappa shape index (κ2) is 51.2. The molecule has 0 heterocycles. The van der Waals surface area contributed by atoms with Gasteiger partial charge in [-0.3, -0.25) is 57.5 Å². The van der Waals surface area contributed by atoms with Crippen LogP contribution in [0.3, 0.4) is 0 Å². The van der Waals surface area contributed by atoms with E-state index in [0.29, 0.717) is 83.3 Å². The number of amides is 2. The van der Waals surface area contributed by atoms with Gasteiger partial charge in [0, 0.05) is 73.9 Å². The third kappa shape index (κ3) is 32.8. The van der Waals surface area contributed by atoms with Gasteiger partial charge in [0.05, 0.1) is 27.4 Å². The SMILES string of the molecule is C.COC(=O)C(C(=O)CCc1ccc(C)cc1)C(=O)CCc1ccc(O)cc1.COC(=O)C(C(=O)CCc1ccc(O)c(C)c1)C(=O)CCc1ccc(O)c(CO)c1.Cc1cc(CCC(=O)C(C(=O)CCc2ccc(O)c(CO)c2)C(=O)Nc2ccccc2)ccc1O.Cc1ccc(CCC(=O)C(C(=O)CCc2ccc(O)cc2)C(=O)Nc2ccccc2)cc1. The summed E-state index contributed by atoms with van der Waals surface area (Å²) in [5, 5.41) is 81.3. The van der Waals surface area contributed by atoms with Crippen LogP contribution in [0.25, 0.3) is 0 Å². The first-order valence-electron chi connectivity index (χ1n) is 40.5. The minimum atomic E-state index is -1.48. The first-order chi connectivity index (χ1) is 59.4. The topological polar surface area (TPSA) is 409 Å². The number of rotatable bonds is 40. The number of aliphatic hydroxyl groups excluding tert-OH is 2. The van der Waals surface area contributed by atoms with Crippen LogP contribution in [0.15, 0.2) is 231 Å². The first kappa shape index (κ1) is 100.0. The fraction of sp³-hybridized carbons (Fsp3) is 0.287. The van der Waals surface area contributed by atoms with Gasteiger partial charge in [-0.1, -0.05) is 164 Å². The van der Waals surface area contributed by atoms with Crippen molar-refractivity contribution in [3.63, 3.8) is 0 Å². The number of ether oxygens (including phenoxy) is 2. The Bertz CT molecular complexity index is 5180. The number of para-hydroxylation sites is 2. The summed E-state index contributed by atoms with van der Waals surface area (Å²) in [6, 6.07) is 65.4. The number of carbonyl (C=O) groups is 12. The van der Waals surface area contributed by atoms with Crippen molar-refractivity contribution >= 4 is 81.4 Å². The number of esters is 2. The Labute approximate surface area is 728 Å². The predicted octanol–water partition coefficient (Wildman–Crippen LogP) is 14.7. The van der Waals surface area contributed by atoms with E-state index in [2.05, 4.69) is 20.1 Å². The number of aliphatic hydroxyl groups is 2. The summed E-state index contributed by atoms with van der Waals surface area (Å²) in [6.45, 7) is 6.79. The van der Waals surface area contributed by atoms with Gasteiger partial charge < -0.3 is 61.0 Å². The molecular formula is C101H110N2O22. The van der Waals surface area contributed by atoms with E-state index in [1.165, 1.54) is 37.4 Å². The maximum absolute atomic E-state index is 13.1. The third-order valence-electron chi connectivity index (χ3n) is 20.6. The molecule has 10 aromatic carbocycles. The molecular weight excluding hydrogens is 1590 g/mol. The molecule has 0 fully saturated rings. The van der Waals surface area contributed by atoms with Gasteiger partial charge in [0.2, 0.25) is 11.8 Å². The van der Waals surface area contributed by atoms with E-state index in [1.807, 2.05) is 68.4 Å². The fourth-order valence-corrected chi connectivity index (χ4v) is 13.3. The summed E-state index contributed by atoms with van der Waals surface area (Å²) in [5.74, 6) is -11.8. The normalized spacial score (nSPS) is 11.5. The zero-order chi connectivity index (χ0) is 90.4. The van der Waals surface area contributed by atoms with Crippen LogP contribution >= 0.6 is 0 Å². The highest BCUT2D eigenvalue weighted by atomic mass is 16.5. The average Bonchev–Trinajstić information content (AvgIpc) is 0.829. The van der Waals surface area contributed by atoms with Crippen molar-refractivity contribution in [3.05, 3.63) is 308 Å². The number of phenols is 6. The van der Waals surface area contributed by atoms with Crippen LogP contribution in [-0.2, 0) is 132 Å². The Kier molecular flexibility index (Phi) is 40.9. The quantitative estimate of drug-likeness (QED) is 0.0126. The molecule has 24 heteroatoms. The predicted molar refractivity (Wildman–Crippen MR) is 474 cm³/mol. The Morgan fingerprint density at radius 3 is 0.752 bits per heavy atom. The minimum absolute atomic E-state index is 0. The molecule has 0 bridgehead atoms. The lowest BCUT2D eigenvalue weighted by molar-refractivity contribution is -0.155. The molecule has 0 radical (unpaired) electrons. The largest absolute Gasteiger partial charge is 0.508 e. The van der Waals surface area contributed by atoms with Crippen LogP contribution in [0, 0.1) is 51.4 Å². The lowest BCUT2D eigenvalue weighted by atomic mass is 9.90. The average molecular weight is 1700 g/mol. The highest BCUT2D eigenvalue weighted by molar-refractivity contribution is 6.23. The van der Waals surface area contributed by atoms with Crippen LogP contribution in [0.2, 0.25) is 0 Å². The lowest BCUT2D eigenvalue weighted by Crippen LogP contribution is -2.36. The minimum Gasteiger partial charge on any atom is -0.508 e. The molecule has 125 heavy (non-hydrogen) atoms. The molecule has 10 rings (SSSR count). The Balaban J connectivity index is 0.000000258. The smallest absolute Gasteiger partial charge is 0.323 e. The number of Topliss-reactive ketones (excluding diaryl/α,β-unsaturated/α-hetero) is 8. The number of benzene rings is 10. The molecule has 10 aromatic rings. The van der Waals surface area contributed by atoms with Crippen molar-refractivity contribution in [2.75, 3.05) is 24.9 Å². The third-order valence-corrected chi connectivity index (χ3v) is 20.6. The van der Waals surface area contributed by atoms with Crippen LogP contribution in [0.1, 0.15) is 137 Å². The number of carbonyl (C=O) groups excluding carboxylic acids is 12. The maximum atomic E-state index is 13.1. The Hall–Kier alpha value is -13.8. The Morgan fingerprint density at radius 2 is 0.504 bits per heavy atom. The summed E-state index contributed by atoms with van der Waals surface area (Å²) < 4.78 is 9.34. The van der Waals surface area contributed by atoms with Crippen LogP contribution in [0.5, 0.6) is 34.5 Å². The summed E-state index contributed by atoms with van der Waals surface area (Å²) in [6.07, 6.45) is 3.11. The molecule has 0 aliphatic heterocycles. The van der Waals surface area contributed by atoms with Gasteiger partial charge in [-0.25, -0.2) is 0 Å². The monoisotopic (exact) mass is 1700 g/mol. The molecule has 10 N–H and O–H groups in total. The van der Waals surface area contributed by atoms with E-state index in [4.69, 9.17) is 0 Å². The van der Waals surface area contributed by atoms with Crippen molar-refractivity contribution in [1.29, 1.82) is 0 Å². The maximum Gasteiger partial charge on any atom is 0.323 e. The summed E-state index contributed by atoms with van der Waals surface area (Å²) in [5.41, 5.74) is 12.0. The van der Waals surface area contributed by atoms with Crippen molar-refractivity contribution in [3.8, 4) is 34.5 Å². The van der Waals surface area contributed by atoms with E-state index in [1.54, 1.807) is 159 Å². The highest BCUT2D eigenvalue weighted by Crippen LogP contribution is 2.27. The van der Waals surface area contributed by atoms with E-state index in [9.17, 15) is 98.4 Å². The number of nitrogens with one attached hydrogen (secondary N) is 2. The van der Waals surface area contributed by atoms with Crippen molar-refractivity contribution in [1.82, 2.24) is 0 Å². The highest BCUT2D eigenvalue weighted by Gasteiger charge is 2.37. The number of methoxy groups -OCH3 is 2. The molecule has 656 valence electrons. The molecule has 0 spiro atoms. The second-order valence-electron chi connectivity index (χ2n) is 30.0. The van der Waals surface area contributed by atoms with Crippen LogP contribution in [0.4, 0.5) is 11.4 Å². The molecule has 0 aliphatic rings. The summed E-state index contributed by atoms with van der Waals surface area (Å²) >= 11 is 0. The Morgan fingerprint density at radius 1 is 0.280 bits per heavy atom. The molecule has 2 amide bonds. The number of anilines is 2. The van der Waals surface area contributed by atoms with Crippen LogP contribution < -0.4 is 10.6 Å². The molecule has 0 saturated carbocycles. The van der Waals surface area contributed by atoms with Gasteiger partial charge in [-0.15, -0.1) is 0 Å². The lowest BCUT2D eigenvalue weighted by Gasteiger charge is -2.16. The second-order valence-corrected chi connectivity index (χ2v) is 30.0. The van der Waals surface area contributed by atoms with E-state index in [0.717, 1.165) is 51.6 Å². The van der Waals surface area contributed by atoms with E-state index < -0.39 is 87.9 Å². The zero-order valence-corrected chi connectivity index (χ0v) is 70.3. The van der Waals surface area contributed by atoms with Gasteiger partial charge in [0.1, 0.15) is 34.5 Å². The number of aryl methyl sites for hydroxylation is 12. The molecule has 0 aromatic heterocycles. The van der Waals surface area contributed by atoms with Gasteiger partial charge in [0.25, 0.3) is 0 Å². The van der Waals surface area contributed by atoms with Crippen molar-refractivity contribution < 1.29 is 108 Å². The summed E-state index contributed by atoms with van der Waals surface area (Å²) in [4.78, 5) is 153. The van der Waals surface area contributed by atoms with Gasteiger partial charge in [-0.2, -0.15) is 0 Å². The molecule has 0 aliphatic carbocycles. The van der Waals surface area contributed by atoms with Gasteiger partial charge in [-0.05, 0) is 220 Å². The fourth-order valence-electron chi connectivity index (χ4n) is 13.3. The summed E-state index contributed by atoms with van der Waals surface area (Å²) in [7, 11) is 2.31. The number of aromatic hydroxyl groups is 6. The van der Waals surface area contributed by atoms with Crippen molar-refractivity contribution in [2.24, 2.45) is 23.7 Å². The van der Waals surface area contributed by atoms with Crippen molar-refractivity contribution in [2.45, 2.75) is 151 Å². The molecule has 0 saturated heterocycles. The molecule has 4 atom stereocenters. The number of hydrogen-bond acceptors (Lipinski definition) is 22. The molecule has 4 unspecified atom stereocenters. The zero-order valence-electron chi connectivity index (χ0n) is 70.3. The first-order valence-corrected chi connectivity index (χ1v) is 40.5. The van der Waals surface area contributed by atoms with Gasteiger partial charge >= 0.3 is 11.9 Å². The van der Waals surface area contributed by atoms with E-state index >= 15 is 0 Å². The van der Waals surface area contributed by atoms with Crippen LogP contribution in [-0.4, -0.2) is 125 Å². The number of hydrogen-bond donors (Lipinski definition) is 10. The standard InChI is InChI=1S/C28H29NO6.C27H27NO4.C23H26O7.C22H24O5.CH4/c1-18-15-19(7-11-23(18)31)9-13-25(33)27(28(35)29-22-5-3-2-4-6-22)26(34)14-10-20-8-12-24(32)21(16-20)17-30;1-19-7-9-20(10-8-19)13-17-24(30)26(27(32)28-22-5-3-2-4-6-22)25(31)18-14-21-11-15-23(29)16-12-21;1-14-11-15(3-7-18(14)25)5-9-20(27)22(23(29)30-2)21(28)10-6-16-4-8-19(26)17(12-16)13-24;1-15-3-5-16(6-4-15)9-13-19(24)21(22(26)27-2)20(25)14-10-17-7-11-18(23)12-8-17;/h2-8,11-12,15-16,27,30-32H,9-10,13-14,17H2,1H3,(H,29,35);2-12,15-16,26,29H,13-14,17-18H2,1H3,(H,28,32);3-4,7-8,11-12,22,24-26H,5-6,9-10,13H2,1-2H3;3-8,11-12,21,23H,9-10,13-14H2,1-2H3;1H4.